The van der Waals surface area contributed by atoms with E-state index in [1.54, 1.807) is 18.2 Å². The SMILES string of the molecule is CCOc1ccc(NC(=O)C(=O)NC(C)(C)CC(C)(C)C)cc1OCC. The lowest BCUT2D eigenvalue weighted by atomic mass is 9.82. The van der Waals surface area contributed by atoms with E-state index in [9.17, 15) is 9.59 Å². The molecule has 1 rings (SSSR count). The van der Waals surface area contributed by atoms with Gasteiger partial charge in [0.15, 0.2) is 11.5 Å². The van der Waals surface area contributed by atoms with E-state index in [-0.39, 0.29) is 5.41 Å². The van der Waals surface area contributed by atoms with Gasteiger partial charge in [0.2, 0.25) is 0 Å². The molecule has 0 unspecified atom stereocenters. The van der Waals surface area contributed by atoms with Crippen molar-refractivity contribution in [3.8, 4) is 11.5 Å². The zero-order chi connectivity index (χ0) is 20.0. The fourth-order valence-corrected chi connectivity index (χ4v) is 3.05. The van der Waals surface area contributed by atoms with Gasteiger partial charge in [0.1, 0.15) is 0 Å². The summed E-state index contributed by atoms with van der Waals surface area (Å²) in [6, 6.07) is 5.05. The van der Waals surface area contributed by atoms with Crippen molar-refractivity contribution in [3.05, 3.63) is 18.2 Å². The Bertz CT molecular complexity index is 633. The number of hydrogen-bond acceptors (Lipinski definition) is 4. The van der Waals surface area contributed by atoms with Gasteiger partial charge >= 0.3 is 11.8 Å². The lowest BCUT2D eigenvalue weighted by Crippen LogP contribution is -2.49. The lowest BCUT2D eigenvalue weighted by Gasteiger charge is -2.33. The summed E-state index contributed by atoms with van der Waals surface area (Å²) in [7, 11) is 0. The minimum absolute atomic E-state index is 0.0365. The van der Waals surface area contributed by atoms with Crippen LogP contribution in [0.2, 0.25) is 0 Å². The normalized spacial score (nSPS) is 11.7. The molecule has 0 saturated carbocycles. The Morgan fingerprint density at radius 2 is 1.50 bits per heavy atom. The van der Waals surface area contributed by atoms with Gasteiger partial charge in [-0.05, 0) is 51.7 Å². The van der Waals surface area contributed by atoms with Gasteiger partial charge < -0.3 is 20.1 Å². The summed E-state index contributed by atoms with van der Waals surface area (Å²) < 4.78 is 11.0. The van der Waals surface area contributed by atoms with Crippen molar-refractivity contribution in [1.29, 1.82) is 0 Å². The second-order valence-corrected chi connectivity index (χ2v) is 8.06. The first-order valence-electron chi connectivity index (χ1n) is 9.00. The largest absolute Gasteiger partial charge is 0.490 e. The maximum atomic E-state index is 12.2. The molecule has 146 valence electrons. The molecule has 6 nitrogen and oxygen atoms in total. The molecule has 0 aromatic heterocycles. The van der Waals surface area contributed by atoms with Crippen LogP contribution in [0.5, 0.6) is 11.5 Å². The number of benzene rings is 1. The minimum atomic E-state index is -0.710. The van der Waals surface area contributed by atoms with Gasteiger partial charge in [0.05, 0.1) is 13.2 Å². The zero-order valence-electron chi connectivity index (χ0n) is 17.0. The van der Waals surface area contributed by atoms with Crippen LogP contribution in [0.4, 0.5) is 5.69 Å². The highest BCUT2D eigenvalue weighted by Crippen LogP contribution is 2.31. The molecule has 0 radical (unpaired) electrons. The van der Waals surface area contributed by atoms with Crippen molar-refractivity contribution in [3.63, 3.8) is 0 Å². The fraction of sp³-hybridized carbons (Fsp3) is 0.600. The van der Waals surface area contributed by atoms with E-state index in [0.29, 0.717) is 30.4 Å². The van der Waals surface area contributed by atoms with E-state index in [2.05, 4.69) is 31.4 Å². The van der Waals surface area contributed by atoms with Crippen LogP contribution >= 0.6 is 0 Å². The molecule has 26 heavy (non-hydrogen) atoms. The molecule has 0 saturated heterocycles. The highest BCUT2D eigenvalue weighted by molar-refractivity contribution is 6.39. The quantitative estimate of drug-likeness (QED) is 0.723. The van der Waals surface area contributed by atoms with Gasteiger partial charge in [-0.25, -0.2) is 0 Å². The maximum absolute atomic E-state index is 12.2. The number of carbonyl (C=O) groups excluding carboxylic acids is 2. The van der Waals surface area contributed by atoms with Crippen LogP contribution < -0.4 is 20.1 Å². The van der Waals surface area contributed by atoms with E-state index in [0.717, 1.165) is 6.42 Å². The van der Waals surface area contributed by atoms with E-state index >= 15 is 0 Å². The van der Waals surface area contributed by atoms with Crippen LogP contribution in [-0.2, 0) is 9.59 Å². The van der Waals surface area contributed by atoms with Crippen molar-refractivity contribution >= 4 is 17.5 Å². The highest BCUT2D eigenvalue weighted by Gasteiger charge is 2.29. The smallest absolute Gasteiger partial charge is 0.313 e. The molecule has 2 N–H and O–H groups in total. The highest BCUT2D eigenvalue weighted by atomic mass is 16.5. The molecule has 0 fully saturated rings. The number of hydrogen-bond donors (Lipinski definition) is 2. The Morgan fingerprint density at radius 1 is 0.923 bits per heavy atom. The fourth-order valence-electron chi connectivity index (χ4n) is 3.05. The molecule has 6 heteroatoms. The molecule has 1 aromatic carbocycles. The molecule has 0 bridgehead atoms. The van der Waals surface area contributed by atoms with Crippen LogP contribution in [0.15, 0.2) is 18.2 Å². The van der Waals surface area contributed by atoms with Crippen LogP contribution in [0.25, 0.3) is 0 Å². The summed E-state index contributed by atoms with van der Waals surface area (Å²) in [6.07, 6.45) is 0.747. The molecule has 0 heterocycles. The van der Waals surface area contributed by atoms with Gasteiger partial charge in [-0.2, -0.15) is 0 Å². The molecular formula is C20H32N2O4. The molecule has 0 atom stereocenters. The first-order valence-corrected chi connectivity index (χ1v) is 9.00. The molecule has 1 aromatic rings. The van der Waals surface area contributed by atoms with Gasteiger partial charge in [-0.1, -0.05) is 20.8 Å². The standard InChI is InChI=1S/C20H32N2O4/c1-8-25-15-11-10-14(12-16(15)26-9-2)21-17(23)18(24)22-20(6,7)13-19(3,4)5/h10-12H,8-9,13H2,1-7H3,(H,21,23)(H,22,24). The third-order valence-corrected chi connectivity index (χ3v) is 3.43. The van der Waals surface area contributed by atoms with Crippen molar-refractivity contribution in [2.75, 3.05) is 18.5 Å². The number of nitrogens with one attached hydrogen (secondary N) is 2. The Kier molecular flexibility index (Phi) is 7.48. The summed E-state index contributed by atoms with van der Waals surface area (Å²) in [5, 5.41) is 5.41. The van der Waals surface area contributed by atoms with E-state index < -0.39 is 17.4 Å². The topological polar surface area (TPSA) is 76.7 Å². The lowest BCUT2D eigenvalue weighted by molar-refractivity contribution is -0.137. The predicted octanol–water partition coefficient (Wildman–Crippen LogP) is 3.75. The Hall–Kier alpha value is -2.24. The summed E-state index contributed by atoms with van der Waals surface area (Å²) in [4.78, 5) is 24.5. The van der Waals surface area contributed by atoms with Gasteiger partial charge in [-0.3, -0.25) is 9.59 Å². The summed E-state index contributed by atoms with van der Waals surface area (Å²) in [5.74, 6) is -0.242. The molecule has 0 aliphatic heterocycles. The summed E-state index contributed by atoms with van der Waals surface area (Å²) in [5.41, 5.74) is 0.0298. The Labute approximate surface area is 156 Å². The van der Waals surface area contributed by atoms with Gasteiger partial charge in [0.25, 0.3) is 0 Å². The maximum Gasteiger partial charge on any atom is 0.313 e. The first kappa shape index (κ1) is 21.8. The van der Waals surface area contributed by atoms with Crippen molar-refractivity contribution in [2.24, 2.45) is 5.41 Å². The van der Waals surface area contributed by atoms with Crippen LogP contribution in [0.1, 0.15) is 54.9 Å². The van der Waals surface area contributed by atoms with Crippen molar-refractivity contribution in [2.45, 2.75) is 60.4 Å². The van der Waals surface area contributed by atoms with Gasteiger partial charge in [-0.15, -0.1) is 0 Å². The average Bonchev–Trinajstić information content (AvgIpc) is 2.47. The number of ether oxygens (including phenoxy) is 2. The third kappa shape index (κ3) is 7.33. The molecular weight excluding hydrogens is 332 g/mol. The summed E-state index contributed by atoms with van der Waals surface area (Å²) >= 11 is 0. The van der Waals surface area contributed by atoms with E-state index in [4.69, 9.17) is 9.47 Å². The number of amides is 2. The number of anilines is 1. The Morgan fingerprint density at radius 3 is 2.04 bits per heavy atom. The van der Waals surface area contributed by atoms with E-state index in [1.165, 1.54) is 0 Å². The molecule has 0 aliphatic rings. The predicted molar refractivity (Wildman–Crippen MR) is 104 cm³/mol. The number of rotatable bonds is 7. The summed E-state index contributed by atoms with van der Waals surface area (Å²) in [6.45, 7) is 14.8. The average molecular weight is 364 g/mol. The number of carbonyl (C=O) groups is 2. The van der Waals surface area contributed by atoms with Gasteiger partial charge in [0, 0.05) is 17.3 Å². The van der Waals surface area contributed by atoms with Crippen molar-refractivity contribution < 1.29 is 19.1 Å². The Balaban J connectivity index is 2.80. The van der Waals surface area contributed by atoms with Crippen LogP contribution in [0.3, 0.4) is 0 Å². The van der Waals surface area contributed by atoms with E-state index in [1.807, 2.05) is 27.7 Å². The monoisotopic (exact) mass is 364 g/mol. The molecule has 0 spiro atoms. The molecule has 0 aliphatic carbocycles. The van der Waals surface area contributed by atoms with Crippen molar-refractivity contribution in [1.82, 2.24) is 5.32 Å². The van der Waals surface area contributed by atoms with Crippen LogP contribution in [-0.4, -0.2) is 30.6 Å². The third-order valence-electron chi connectivity index (χ3n) is 3.43. The second-order valence-electron chi connectivity index (χ2n) is 8.06. The zero-order valence-corrected chi connectivity index (χ0v) is 17.0. The first-order chi connectivity index (χ1) is 12.0. The second kappa shape index (κ2) is 8.92. The van der Waals surface area contributed by atoms with Crippen LogP contribution in [0, 0.1) is 5.41 Å². The minimum Gasteiger partial charge on any atom is -0.490 e. The molecule has 2 amide bonds.